The van der Waals surface area contributed by atoms with E-state index in [0.717, 1.165) is 11.1 Å². The Balaban J connectivity index is 2.20. The Morgan fingerprint density at radius 1 is 1.11 bits per heavy atom. The van der Waals surface area contributed by atoms with Crippen LogP contribution in [0, 0.1) is 11.3 Å². The molecule has 0 saturated carbocycles. The van der Waals surface area contributed by atoms with Crippen LogP contribution in [-0.4, -0.2) is 0 Å². The molecule has 0 heterocycles. The van der Waals surface area contributed by atoms with Crippen LogP contribution in [0.25, 0.3) is 0 Å². The van der Waals surface area contributed by atoms with Crippen LogP contribution in [-0.2, 0) is 12.5 Å². The number of alkyl halides is 1. The zero-order chi connectivity index (χ0) is 13.7. The average molecular weight is 292 g/mol. The number of hydrogen-bond donors (Lipinski definition) is 0. The van der Waals surface area contributed by atoms with Gasteiger partial charge in [-0.2, -0.15) is 5.26 Å². The second-order valence-corrected chi connectivity index (χ2v) is 4.58. The number of benzene rings is 2. The Morgan fingerprint density at radius 3 is 2.63 bits per heavy atom. The van der Waals surface area contributed by atoms with Gasteiger partial charge in [0.05, 0.1) is 17.5 Å². The molecule has 0 N–H and O–H groups in total. The first-order valence-corrected chi connectivity index (χ1v) is 6.61. The van der Waals surface area contributed by atoms with Crippen molar-refractivity contribution in [2.24, 2.45) is 0 Å². The summed E-state index contributed by atoms with van der Waals surface area (Å²) in [5.74, 6) is 0.935. The molecule has 0 fully saturated rings. The molecular formula is C15H11Cl2NO. The largest absolute Gasteiger partial charge is 0.488 e. The van der Waals surface area contributed by atoms with Gasteiger partial charge in [-0.3, -0.25) is 0 Å². The number of halogens is 2. The highest BCUT2D eigenvalue weighted by molar-refractivity contribution is 6.32. The standard InChI is InChI=1S/C15H11Cl2NO/c16-8-13-14(17)6-3-7-15(13)19-10-12-5-2-1-4-11(12)9-18/h1-7H,8,10H2. The third kappa shape index (κ3) is 3.20. The van der Waals surface area contributed by atoms with Crippen molar-refractivity contribution in [1.82, 2.24) is 0 Å². The lowest BCUT2D eigenvalue weighted by atomic mass is 10.1. The van der Waals surface area contributed by atoms with Crippen molar-refractivity contribution in [2.45, 2.75) is 12.5 Å². The van der Waals surface area contributed by atoms with Gasteiger partial charge in [0.15, 0.2) is 0 Å². The van der Waals surface area contributed by atoms with Crippen molar-refractivity contribution in [3.05, 3.63) is 64.2 Å². The zero-order valence-electron chi connectivity index (χ0n) is 10.1. The fourth-order valence-electron chi connectivity index (χ4n) is 1.71. The van der Waals surface area contributed by atoms with Gasteiger partial charge in [-0.1, -0.05) is 35.9 Å². The summed E-state index contributed by atoms with van der Waals surface area (Å²) in [4.78, 5) is 0. The molecule has 0 saturated heterocycles. The van der Waals surface area contributed by atoms with Gasteiger partial charge in [0.2, 0.25) is 0 Å². The Labute approximate surface area is 122 Å². The van der Waals surface area contributed by atoms with E-state index in [9.17, 15) is 0 Å². The molecular weight excluding hydrogens is 281 g/mol. The summed E-state index contributed by atoms with van der Waals surface area (Å²) in [6, 6.07) is 14.9. The second-order valence-electron chi connectivity index (χ2n) is 3.91. The van der Waals surface area contributed by atoms with E-state index in [1.165, 1.54) is 0 Å². The molecule has 19 heavy (non-hydrogen) atoms. The molecule has 0 aliphatic heterocycles. The summed E-state index contributed by atoms with van der Waals surface area (Å²) in [5, 5.41) is 9.60. The van der Waals surface area contributed by atoms with E-state index in [-0.39, 0.29) is 5.88 Å². The predicted octanol–water partition coefficient (Wildman–Crippen LogP) is 4.53. The smallest absolute Gasteiger partial charge is 0.125 e. The van der Waals surface area contributed by atoms with Crippen molar-refractivity contribution in [3.8, 4) is 11.8 Å². The van der Waals surface area contributed by atoms with Crippen molar-refractivity contribution < 1.29 is 4.74 Å². The maximum atomic E-state index is 9.01. The summed E-state index contributed by atoms with van der Waals surface area (Å²) in [7, 11) is 0. The molecule has 96 valence electrons. The van der Waals surface area contributed by atoms with E-state index < -0.39 is 0 Å². The first kappa shape index (κ1) is 13.7. The van der Waals surface area contributed by atoms with E-state index in [1.807, 2.05) is 30.3 Å². The van der Waals surface area contributed by atoms with E-state index in [1.54, 1.807) is 12.1 Å². The maximum Gasteiger partial charge on any atom is 0.125 e. The lowest BCUT2D eigenvalue weighted by Crippen LogP contribution is -2.00. The molecule has 0 atom stereocenters. The van der Waals surface area contributed by atoms with Gasteiger partial charge in [0, 0.05) is 16.1 Å². The molecule has 4 heteroatoms. The molecule has 2 aromatic rings. The van der Waals surface area contributed by atoms with Gasteiger partial charge < -0.3 is 4.74 Å². The van der Waals surface area contributed by atoms with Gasteiger partial charge >= 0.3 is 0 Å². The van der Waals surface area contributed by atoms with Gasteiger partial charge in [0.25, 0.3) is 0 Å². The van der Waals surface area contributed by atoms with Gasteiger partial charge in [-0.15, -0.1) is 11.6 Å². The first-order valence-electron chi connectivity index (χ1n) is 5.70. The summed E-state index contributed by atoms with van der Waals surface area (Å²) in [6.45, 7) is 0.313. The number of hydrogen-bond acceptors (Lipinski definition) is 2. The third-order valence-corrected chi connectivity index (χ3v) is 3.35. The van der Waals surface area contributed by atoms with Crippen LogP contribution >= 0.6 is 23.2 Å². The predicted molar refractivity (Wildman–Crippen MR) is 76.5 cm³/mol. The molecule has 2 rings (SSSR count). The molecule has 0 aliphatic rings. The summed E-state index contributed by atoms with van der Waals surface area (Å²) < 4.78 is 5.72. The summed E-state index contributed by atoms with van der Waals surface area (Å²) in [5.41, 5.74) is 2.21. The van der Waals surface area contributed by atoms with Crippen molar-refractivity contribution >= 4 is 23.2 Å². The lowest BCUT2D eigenvalue weighted by molar-refractivity contribution is 0.303. The van der Waals surface area contributed by atoms with Gasteiger partial charge in [0.1, 0.15) is 12.4 Å². The van der Waals surface area contributed by atoms with Crippen molar-refractivity contribution in [3.63, 3.8) is 0 Å². The maximum absolute atomic E-state index is 9.01. The number of nitrogens with zero attached hydrogens (tertiary/aromatic N) is 1. The monoisotopic (exact) mass is 291 g/mol. The average Bonchev–Trinajstić information content (AvgIpc) is 2.45. The van der Waals surface area contributed by atoms with Crippen molar-refractivity contribution in [2.75, 3.05) is 0 Å². The van der Waals surface area contributed by atoms with E-state index in [4.69, 9.17) is 33.2 Å². The highest BCUT2D eigenvalue weighted by Crippen LogP contribution is 2.28. The minimum atomic E-state index is 0.287. The van der Waals surface area contributed by atoms with Crippen LogP contribution < -0.4 is 4.74 Å². The first-order chi connectivity index (χ1) is 9.26. The van der Waals surface area contributed by atoms with Gasteiger partial charge in [-0.25, -0.2) is 0 Å². The highest BCUT2D eigenvalue weighted by Gasteiger charge is 2.08. The minimum Gasteiger partial charge on any atom is -0.488 e. The second kappa shape index (κ2) is 6.47. The molecule has 0 spiro atoms. The Hall–Kier alpha value is -1.69. The number of ether oxygens (including phenoxy) is 1. The van der Waals surface area contributed by atoms with Crippen LogP contribution in [0.1, 0.15) is 16.7 Å². The summed E-state index contributed by atoms with van der Waals surface area (Å²) in [6.07, 6.45) is 0. The molecule has 0 unspecified atom stereocenters. The van der Waals surface area contributed by atoms with Crippen LogP contribution in [0.15, 0.2) is 42.5 Å². The molecule has 2 aromatic carbocycles. The quantitative estimate of drug-likeness (QED) is 0.776. The molecule has 0 bridgehead atoms. The Morgan fingerprint density at radius 2 is 1.89 bits per heavy atom. The third-order valence-electron chi connectivity index (χ3n) is 2.73. The number of nitriles is 1. The molecule has 2 nitrogen and oxygen atoms in total. The molecule has 0 aliphatic carbocycles. The fourth-order valence-corrected chi connectivity index (χ4v) is 2.29. The molecule has 0 aromatic heterocycles. The lowest BCUT2D eigenvalue weighted by Gasteiger charge is -2.11. The van der Waals surface area contributed by atoms with Crippen LogP contribution in [0.2, 0.25) is 5.02 Å². The minimum absolute atomic E-state index is 0.287. The Kier molecular flexibility index (Phi) is 4.68. The fraction of sp³-hybridized carbons (Fsp3) is 0.133. The van der Waals surface area contributed by atoms with Crippen LogP contribution in [0.3, 0.4) is 0 Å². The SMILES string of the molecule is N#Cc1ccccc1COc1cccc(Cl)c1CCl. The topological polar surface area (TPSA) is 33.0 Å². The van der Waals surface area contributed by atoms with E-state index in [2.05, 4.69) is 6.07 Å². The summed E-state index contributed by atoms with van der Waals surface area (Å²) >= 11 is 11.9. The van der Waals surface area contributed by atoms with Crippen LogP contribution in [0.5, 0.6) is 5.75 Å². The normalized spacial score (nSPS) is 9.95. The highest BCUT2D eigenvalue weighted by atomic mass is 35.5. The Bertz CT molecular complexity index is 620. The zero-order valence-corrected chi connectivity index (χ0v) is 11.6. The van der Waals surface area contributed by atoms with Gasteiger partial charge in [-0.05, 0) is 18.2 Å². The van der Waals surface area contributed by atoms with Crippen molar-refractivity contribution in [1.29, 1.82) is 5.26 Å². The van der Waals surface area contributed by atoms with E-state index >= 15 is 0 Å². The van der Waals surface area contributed by atoms with E-state index in [0.29, 0.717) is 22.9 Å². The molecule has 0 amide bonds. The molecule has 0 radical (unpaired) electrons. The van der Waals surface area contributed by atoms with Crippen LogP contribution in [0.4, 0.5) is 0 Å². The number of rotatable bonds is 4.